The zero-order valence-electron chi connectivity index (χ0n) is 14.6. The molecule has 1 N–H and O–H groups in total. The molecular weight excluding hydrogens is 328 g/mol. The molecule has 1 aliphatic heterocycles. The molecule has 2 heterocycles. The van der Waals surface area contributed by atoms with Crippen LogP contribution in [0, 0.1) is 17.2 Å². The van der Waals surface area contributed by atoms with E-state index in [1.54, 1.807) is 12.3 Å². The third kappa shape index (κ3) is 4.73. The second-order valence-electron chi connectivity index (χ2n) is 6.23. The SMILES string of the molecule is N#Cc1ccc(N2CCC(C(=O)NCCOc3ccccc3)CC2)nc1. The van der Waals surface area contributed by atoms with Gasteiger partial charge in [-0.2, -0.15) is 5.26 Å². The first-order valence-electron chi connectivity index (χ1n) is 8.83. The third-order valence-corrected chi connectivity index (χ3v) is 4.48. The summed E-state index contributed by atoms with van der Waals surface area (Å²) >= 11 is 0. The number of para-hydroxylation sites is 1. The van der Waals surface area contributed by atoms with Gasteiger partial charge in [-0.15, -0.1) is 0 Å². The number of pyridine rings is 1. The molecule has 1 aliphatic rings. The Labute approximate surface area is 153 Å². The molecule has 1 saturated heterocycles. The molecule has 0 radical (unpaired) electrons. The van der Waals surface area contributed by atoms with E-state index in [1.807, 2.05) is 36.4 Å². The van der Waals surface area contributed by atoms with Crippen LogP contribution in [0.1, 0.15) is 18.4 Å². The van der Waals surface area contributed by atoms with Gasteiger partial charge in [0.2, 0.25) is 5.91 Å². The zero-order chi connectivity index (χ0) is 18.2. The number of aromatic nitrogens is 1. The van der Waals surface area contributed by atoms with Crippen molar-refractivity contribution in [2.45, 2.75) is 12.8 Å². The van der Waals surface area contributed by atoms with Crippen molar-refractivity contribution in [3.63, 3.8) is 0 Å². The predicted molar refractivity (Wildman–Crippen MR) is 98.8 cm³/mol. The minimum atomic E-state index is 0.0290. The van der Waals surface area contributed by atoms with Crippen LogP contribution in [0.4, 0.5) is 5.82 Å². The van der Waals surface area contributed by atoms with Crippen LogP contribution in [-0.4, -0.2) is 37.1 Å². The van der Waals surface area contributed by atoms with Gasteiger partial charge in [0.1, 0.15) is 24.2 Å². The first kappa shape index (κ1) is 17.7. The van der Waals surface area contributed by atoms with Gasteiger partial charge in [0, 0.05) is 25.2 Å². The Balaban J connectivity index is 1.38. The van der Waals surface area contributed by atoms with Crippen molar-refractivity contribution in [1.82, 2.24) is 10.3 Å². The summed E-state index contributed by atoms with van der Waals surface area (Å²) in [6.07, 6.45) is 3.18. The lowest BCUT2D eigenvalue weighted by atomic mass is 9.96. The molecule has 6 heteroatoms. The Morgan fingerprint density at radius 2 is 2.00 bits per heavy atom. The van der Waals surface area contributed by atoms with E-state index in [4.69, 9.17) is 10.00 Å². The van der Waals surface area contributed by atoms with Gasteiger partial charge in [0.25, 0.3) is 0 Å². The van der Waals surface area contributed by atoms with Crippen molar-refractivity contribution in [2.24, 2.45) is 5.92 Å². The summed E-state index contributed by atoms with van der Waals surface area (Å²) in [6.45, 7) is 2.55. The molecule has 26 heavy (non-hydrogen) atoms. The highest BCUT2D eigenvalue weighted by Crippen LogP contribution is 2.22. The maximum absolute atomic E-state index is 12.3. The fourth-order valence-electron chi connectivity index (χ4n) is 3.01. The second-order valence-corrected chi connectivity index (χ2v) is 6.23. The van der Waals surface area contributed by atoms with Crippen LogP contribution in [0.5, 0.6) is 5.75 Å². The summed E-state index contributed by atoms with van der Waals surface area (Å²) in [5.41, 5.74) is 0.556. The average molecular weight is 350 g/mol. The fraction of sp³-hybridized carbons (Fsp3) is 0.350. The lowest BCUT2D eigenvalue weighted by molar-refractivity contribution is -0.125. The number of ether oxygens (including phenoxy) is 1. The molecule has 0 spiro atoms. The van der Waals surface area contributed by atoms with Crippen molar-refractivity contribution in [3.05, 3.63) is 54.2 Å². The van der Waals surface area contributed by atoms with Gasteiger partial charge < -0.3 is 15.0 Å². The molecular formula is C20H22N4O2. The fourth-order valence-corrected chi connectivity index (χ4v) is 3.01. The molecule has 3 rings (SSSR count). The van der Waals surface area contributed by atoms with Crippen LogP contribution in [0.25, 0.3) is 0 Å². The third-order valence-electron chi connectivity index (χ3n) is 4.48. The number of nitriles is 1. The molecule has 0 saturated carbocycles. The molecule has 6 nitrogen and oxygen atoms in total. The van der Waals surface area contributed by atoms with E-state index in [-0.39, 0.29) is 11.8 Å². The van der Waals surface area contributed by atoms with Gasteiger partial charge in [-0.1, -0.05) is 18.2 Å². The zero-order valence-corrected chi connectivity index (χ0v) is 14.6. The molecule has 0 aliphatic carbocycles. The lowest BCUT2D eigenvalue weighted by Gasteiger charge is -2.32. The number of benzene rings is 1. The lowest BCUT2D eigenvalue weighted by Crippen LogP contribution is -2.41. The van der Waals surface area contributed by atoms with Gasteiger partial charge in [-0.05, 0) is 37.1 Å². The maximum atomic E-state index is 12.3. The van der Waals surface area contributed by atoms with Gasteiger partial charge in [0.15, 0.2) is 0 Å². The van der Waals surface area contributed by atoms with Gasteiger partial charge in [-0.25, -0.2) is 4.98 Å². The van der Waals surface area contributed by atoms with E-state index in [9.17, 15) is 4.79 Å². The molecule has 1 amide bonds. The highest BCUT2D eigenvalue weighted by molar-refractivity contribution is 5.78. The number of nitrogens with zero attached hydrogens (tertiary/aromatic N) is 3. The van der Waals surface area contributed by atoms with Gasteiger partial charge in [-0.3, -0.25) is 4.79 Å². The van der Waals surface area contributed by atoms with Crippen molar-refractivity contribution < 1.29 is 9.53 Å². The minimum Gasteiger partial charge on any atom is -0.492 e. The summed E-state index contributed by atoms with van der Waals surface area (Å²) in [5, 5.41) is 11.8. The van der Waals surface area contributed by atoms with E-state index < -0.39 is 0 Å². The van der Waals surface area contributed by atoms with Crippen LogP contribution in [-0.2, 0) is 4.79 Å². The van der Waals surface area contributed by atoms with Crippen molar-refractivity contribution >= 4 is 11.7 Å². The normalized spacial score (nSPS) is 14.5. The molecule has 1 aromatic heterocycles. The van der Waals surface area contributed by atoms with E-state index in [2.05, 4.69) is 21.3 Å². The molecule has 134 valence electrons. The Bertz CT molecular complexity index is 748. The summed E-state index contributed by atoms with van der Waals surface area (Å²) in [6, 6.07) is 15.3. The van der Waals surface area contributed by atoms with E-state index in [0.717, 1.165) is 37.5 Å². The number of amides is 1. The minimum absolute atomic E-state index is 0.0290. The number of piperidine rings is 1. The summed E-state index contributed by atoms with van der Waals surface area (Å²) in [7, 11) is 0. The number of carbonyl (C=O) groups excluding carboxylic acids is 1. The average Bonchev–Trinajstić information content (AvgIpc) is 2.72. The van der Waals surface area contributed by atoms with Gasteiger partial charge in [0.05, 0.1) is 12.1 Å². The largest absolute Gasteiger partial charge is 0.492 e. The molecule has 0 unspecified atom stereocenters. The van der Waals surface area contributed by atoms with Crippen LogP contribution in [0.3, 0.4) is 0 Å². The summed E-state index contributed by atoms with van der Waals surface area (Å²) < 4.78 is 5.58. The highest BCUT2D eigenvalue weighted by Gasteiger charge is 2.25. The van der Waals surface area contributed by atoms with Crippen molar-refractivity contribution in [2.75, 3.05) is 31.1 Å². The van der Waals surface area contributed by atoms with E-state index in [1.165, 1.54) is 0 Å². The Morgan fingerprint density at radius 3 is 2.65 bits per heavy atom. The number of carbonyl (C=O) groups is 1. The molecule has 2 aromatic rings. The quantitative estimate of drug-likeness (QED) is 0.809. The predicted octanol–water partition coefficient (Wildman–Crippen LogP) is 2.36. The van der Waals surface area contributed by atoms with E-state index in [0.29, 0.717) is 18.7 Å². The Hall–Kier alpha value is -3.07. The topological polar surface area (TPSA) is 78.2 Å². The van der Waals surface area contributed by atoms with Crippen molar-refractivity contribution in [3.8, 4) is 11.8 Å². The van der Waals surface area contributed by atoms with Crippen LogP contribution >= 0.6 is 0 Å². The number of hydrogen-bond acceptors (Lipinski definition) is 5. The van der Waals surface area contributed by atoms with Crippen LogP contribution in [0.2, 0.25) is 0 Å². The number of hydrogen-bond donors (Lipinski definition) is 1. The first-order valence-corrected chi connectivity index (χ1v) is 8.83. The summed E-state index contributed by atoms with van der Waals surface area (Å²) in [4.78, 5) is 18.8. The smallest absolute Gasteiger partial charge is 0.223 e. The monoisotopic (exact) mass is 350 g/mol. The number of rotatable bonds is 6. The Kier molecular flexibility index (Phi) is 6.05. The maximum Gasteiger partial charge on any atom is 0.223 e. The van der Waals surface area contributed by atoms with Crippen LogP contribution in [0.15, 0.2) is 48.7 Å². The number of nitrogens with one attached hydrogen (secondary N) is 1. The van der Waals surface area contributed by atoms with Crippen molar-refractivity contribution in [1.29, 1.82) is 5.26 Å². The number of anilines is 1. The second kappa shape index (κ2) is 8.86. The molecule has 0 bridgehead atoms. The van der Waals surface area contributed by atoms with Crippen LogP contribution < -0.4 is 15.0 Å². The molecule has 0 atom stereocenters. The van der Waals surface area contributed by atoms with E-state index >= 15 is 0 Å². The van der Waals surface area contributed by atoms with Gasteiger partial charge >= 0.3 is 0 Å². The Morgan fingerprint density at radius 1 is 1.23 bits per heavy atom. The molecule has 1 fully saturated rings. The summed E-state index contributed by atoms with van der Waals surface area (Å²) in [5.74, 6) is 1.79. The standard InChI is InChI=1S/C20H22N4O2/c21-14-16-6-7-19(23-15-16)24-11-8-17(9-12-24)20(25)22-10-13-26-18-4-2-1-3-5-18/h1-7,15,17H,8-13H2,(H,22,25). The molecule has 1 aromatic carbocycles. The highest BCUT2D eigenvalue weighted by atomic mass is 16.5. The first-order chi connectivity index (χ1) is 12.8.